The number of rotatable bonds is 9. The Hall–Kier alpha value is -4.32. The molecular formula is C30H27FN2O3. The minimum absolute atomic E-state index is 0.0671. The minimum atomic E-state index is -0.253. The van der Waals surface area contributed by atoms with Crippen LogP contribution in [0, 0.1) is 5.82 Å². The fourth-order valence-corrected chi connectivity index (χ4v) is 4.57. The van der Waals surface area contributed by atoms with E-state index in [1.807, 2.05) is 42.5 Å². The number of nitrogens with zero attached hydrogens (tertiary/aromatic N) is 1. The van der Waals surface area contributed by atoms with E-state index in [-0.39, 0.29) is 24.1 Å². The van der Waals surface area contributed by atoms with Gasteiger partial charge < -0.3 is 19.0 Å². The first-order chi connectivity index (χ1) is 17.6. The van der Waals surface area contributed by atoms with Gasteiger partial charge in [0.05, 0.1) is 19.9 Å². The van der Waals surface area contributed by atoms with E-state index in [9.17, 15) is 9.18 Å². The standard InChI is InChI=1S/C30H27FN2O3/c1-35-24-14-10-22(11-15-24)27(17-30(34)32-18-25-5-4-16-36-25)28-20-33(29-7-3-2-6-26(28)29)19-21-8-12-23(31)13-9-21/h2-16,20,27H,17-19H2,1H3,(H,32,34). The molecule has 1 amide bonds. The van der Waals surface area contributed by atoms with E-state index in [4.69, 9.17) is 9.15 Å². The van der Waals surface area contributed by atoms with E-state index in [0.29, 0.717) is 18.8 Å². The lowest BCUT2D eigenvalue weighted by atomic mass is 9.88. The van der Waals surface area contributed by atoms with E-state index in [0.717, 1.165) is 33.3 Å². The van der Waals surface area contributed by atoms with Gasteiger partial charge in [0.15, 0.2) is 0 Å². The van der Waals surface area contributed by atoms with Crippen LogP contribution in [-0.4, -0.2) is 17.6 Å². The number of benzene rings is 3. The molecule has 6 heteroatoms. The molecule has 36 heavy (non-hydrogen) atoms. The van der Waals surface area contributed by atoms with Crippen LogP contribution in [0.15, 0.2) is 102 Å². The lowest BCUT2D eigenvalue weighted by molar-refractivity contribution is -0.121. The SMILES string of the molecule is COc1ccc(C(CC(=O)NCc2ccco2)c2cn(Cc3ccc(F)cc3)c3ccccc23)cc1. The molecular weight excluding hydrogens is 455 g/mol. The van der Waals surface area contributed by atoms with Crippen LogP contribution in [0.4, 0.5) is 4.39 Å². The summed E-state index contributed by atoms with van der Waals surface area (Å²) in [6, 6.07) is 26.2. The summed E-state index contributed by atoms with van der Waals surface area (Å²) in [5, 5.41) is 4.06. The van der Waals surface area contributed by atoms with Gasteiger partial charge in [-0.25, -0.2) is 4.39 Å². The van der Waals surface area contributed by atoms with Crippen LogP contribution in [0.1, 0.15) is 34.8 Å². The summed E-state index contributed by atoms with van der Waals surface area (Å²) in [6.45, 7) is 0.939. The Morgan fingerprint density at radius 1 is 1.00 bits per heavy atom. The van der Waals surface area contributed by atoms with Gasteiger partial charge in [-0.15, -0.1) is 0 Å². The van der Waals surface area contributed by atoms with Crippen molar-refractivity contribution in [2.24, 2.45) is 0 Å². The van der Waals surface area contributed by atoms with Crippen LogP contribution in [-0.2, 0) is 17.9 Å². The lowest BCUT2D eigenvalue weighted by Crippen LogP contribution is -2.24. The molecule has 1 atom stereocenters. The molecule has 0 radical (unpaired) electrons. The monoisotopic (exact) mass is 482 g/mol. The summed E-state index contributed by atoms with van der Waals surface area (Å²) in [5.41, 5.74) is 4.15. The Balaban J connectivity index is 1.50. The zero-order valence-electron chi connectivity index (χ0n) is 20.0. The van der Waals surface area contributed by atoms with Crippen molar-refractivity contribution in [2.45, 2.75) is 25.4 Å². The van der Waals surface area contributed by atoms with Gasteiger partial charge in [-0.2, -0.15) is 0 Å². The fourth-order valence-electron chi connectivity index (χ4n) is 4.57. The summed E-state index contributed by atoms with van der Waals surface area (Å²) in [6.07, 6.45) is 3.98. The van der Waals surface area contributed by atoms with Gasteiger partial charge in [0.2, 0.25) is 5.91 Å². The Morgan fingerprint density at radius 3 is 2.50 bits per heavy atom. The normalized spacial score (nSPS) is 11.9. The van der Waals surface area contributed by atoms with Crippen molar-refractivity contribution in [3.8, 4) is 5.75 Å². The molecule has 0 aliphatic heterocycles. The molecule has 2 heterocycles. The number of methoxy groups -OCH3 is 1. The predicted octanol–water partition coefficient (Wildman–Crippen LogP) is 6.27. The zero-order valence-corrected chi connectivity index (χ0v) is 20.0. The number of para-hydroxylation sites is 1. The highest BCUT2D eigenvalue weighted by Crippen LogP contribution is 2.36. The molecule has 0 saturated carbocycles. The number of nitrogens with one attached hydrogen (secondary N) is 1. The largest absolute Gasteiger partial charge is 0.497 e. The highest BCUT2D eigenvalue weighted by atomic mass is 19.1. The number of hydrogen-bond acceptors (Lipinski definition) is 3. The van der Waals surface area contributed by atoms with E-state index in [2.05, 4.69) is 28.2 Å². The molecule has 0 fully saturated rings. The van der Waals surface area contributed by atoms with E-state index >= 15 is 0 Å². The van der Waals surface area contributed by atoms with Crippen LogP contribution in [0.5, 0.6) is 5.75 Å². The topological polar surface area (TPSA) is 56.4 Å². The van der Waals surface area contributed by atoms with E-state index in [1.165, 1.54) is 12.1 Å². The molecule has 3 aromatic carbocycles. The summed E-state index contributed by atoms with van der Waals surface area (Å²) >= 11 is 0. The molecule has 5 nitrogen and oxygen atoms in total. The zero-order chi connectivity index (χ0) is 24.9. The summed E-state index contributed by atoms with van der Waals surface area (Å²) in [5.74, 6) is 0.977. The van der Waals surface area contributed by atoms with E-state index in [1.54, 1.807) is 31.6 Å². The highest BCUT2D eigenvalue weighted by molar-refractivity contribution is 5.86. The molecule has 5 rings (SSSR count). The van der Waals surface area contributed by atoms with Crippen molar-refractivity contribution in [2.75, 3.05) is 7.11 Å². The van der Waals surface area contributed by atoms with E-state index < -0.39 is 0 Å². The molecule has 1 unspecified atom stereocenters. The molecule has 2 aromatic heterocycles. The summed E-state index contributed by atoms with van der Waals surface area (Å²) in [4.78, 5) is 13.1. The summed E-state index contributed by atoms with van der Waals surface area (Å²) < 4.78 is 26.3. The van der Waals surface area contributed by atoms with Crippen LogP contribution in [0.3, 0.4) is 0 Å². The molecule has 0 spiro atoms. The van der Waals surface area contributed by atoms with Crippen LogP contribution < -0.4 is 10.1 Å². The molecule has 1 N–H and O–H groups in total. The van der Waals surface area contributed by atoms with Crippen molar-refractivity contribution in [1.82, 2.24) is 9.88 Å². The van der Waals surface area contributed by atoms with Crippen molar-refractivity contribution in [1.29, 1.82) is 0 Å². The second kappa shape index (κ2) is 10.5. The lowest BCUT2D eigenvalue weighted by Gasteiger charge is -2.17. The predicted molar refractivity (Wildman–Crippen MR) is 137 cm³/mol. The Morgan fingerprint density at radius 2 is 1.78 bits per heavy atom. The molecule has 0 bridgehead atoms. The Labute approximate surface area is 209 Å². The maximum atomic E-state index is 13.4. The second-order valence-electron chi connectivity index (χ2n) is 8.74. The third-order valence-electron chi connectivity index (χ3n) is 6.41. The maximum absolute atomic E-state index is 13.4. The number of amides is 1. The fraction of sp³-hybridized carbons (Fsp3) is 0.167. The third-order valence-corrected chi connectivity index (χ3v) is 6.41. The maximum Gasteiger partial charge on any atom is 0.221 e. The van der Waals surface area contributed by atoms with Crippen molar-refractivity contribution < 1.29 is 18.3 Å². The smallest absolute Gasteiger partial charge is 0.221 e. The third kappa shape index (κ3) is 5.18. The average Bonchev–Trinajstić information content (AvgIpc) is 3.56. The molecule has 0 aliphatic rings. The van der Waals surface area contributed by atoms with Crippen molar-refractivity contribution in [3.05, 3.63) is 126 Å². The quantitative estimate of drug-likeness (QED) is 0.269. The second-order valence-corrected chi connectivity index (χ2v) is 8.74. The number of aromatic nitrogens is 1. The van der Waals surface area contributed by atoms with Crippen LogP contribution in [0.25, 0.3) is 10.9 Å². The highest BCUT2D eigenvalue weighted by Gasteiger charge is 2.23. The number of halogens is 1. The van der Waals surface area contributed by atoms with Gasteiger partial charge in [0.25, 0.3) is 0 Å². The first-order valence-electron chi connectivity index (χ1n) is 11.9. The van der Waals surface area contributed by atoms with Crippen LogP contribution in [0.2, 0.25) is 0 Å². The first-order valence-corrected chi connectivity index (χ1v) is 11.9. The molecule has 0 saturated heterocycles. The van der Waals surface area contributed by atoms with Crippen molar-refractivity contribution in [3.63, 3.8) is 0 Å². The number of carbonyl (C=O) groups is 1. The minimum Gasteiger partial charge on any atom is -0.497 e. The summed E-state index contributed by atoms with van der Waals surface area (Å²) in [7, 11) is 1.64. The average molecular weight is 483 g/mol. The van der Waals surface area contributed by atoms with Crippen LogP contribution >= 0.6 is 0 Å². The first kappa shape index (κ1) is 23.4. The van der Waals surface area contributed by atoms with Gasteiger partial charge in [0.1, 0.15) is 17.3 Å². The Kier molecular flexibility index (Phi) is 6.85. The van der Waals surface area contributed by atoms with Gasteiger partial charge in [-0.3, -0.25) is 4.79 Å². The number of fused-ring (bicyclic) bond motifs is 1. The van der Waals surface area contributed by atoms with Crippen molar-refractivity contribution >= 4 is 16.8 Å². The molecule has 5 aromatic rings. The van der Waals surface area contributed by atoms with Gasteiger partial charge >= 0.3 is 0 Å². The van der Waals surface area contributed by atoms with Gasteiger partial charge in [0, 0.05) is 36.0 Å². The van der Waals surface area contributed by atoms with Gasteiger partial charge in [-0.05, 0) is 59.2 Å². The number of carbonyl (C=O) groups excluding carboxylic acids is 1. The number of ether oxygens (including phenoxy) is 1. The number of furan rings is 1. The Bertz CT molecular complexity index is 1440. The van der Waals surface area contributed by atoms with Gasteiger partial charge in [-0.1, -0.05) is 42.5 Å². The molecule has 0 aliphatic carbocycles. The molecule has 182 valence electrons. The number of hydrogen-bond donors (Lipinski definition) is 1.